The minimum absolute atomic E-state index is 0.288. The second-order valence-corrected chi connectivity index (χ2v) is 9.89. The first-order valence-corrected chi connectivity index (χ1v) is 10.8. The van der Waals surface area contributed by atoms with Gasteiger partial charge in [0, 0.05) is 10.5 Å². The summed E-state index contributed by atoms with van der Waals surface area (Å²) in [6.07, 6.45) is 3.36. The molecule has 2 aromatic rings. The number of thioether (sulfide) groups is 2. The maximum Gasteiger partial charge on any atom is 0.254 e. The molecule has 26 heavy (non-hydrogen) atoms. The van der Waals surface area contributed by atoms with Crippen LogP contribution in [0.1, 0.15) is 25.0 Å². The van der Waals surface area contributed by atoms with E-state index in [-0.39, 0.29) is 10.9 Å². The lowest BCUT2D eigenvalue weighted by Crippen LogP contribution is -2.47. The highest BCUT2D eigenvalue weighted by Gasteiger charge is 2.50. The van der Waals surface area contributed by atoms with Crippen LogP contribution in [0.15, 0.2) is 59.5 Å². The summed E-state index contributed by atoms with van der Waals surface area (Å²) in [5.41, 5.74) is 2.05. The molecule has 0 radical (unpaired) electrons. The molecule has 0 spiro atoms. The average molecular weight is 403 g/mol. The Labute approximate surface area is 169 Å². The third kappa shape index (κ3) is 4.24. The van der Waals surface area contributed by atoms with Gasteiger partial charge in [0.25, 0.3) is 6.17 Å². The Hall–Kier alpha value is -1.50. The molecule has 136 valence electrons. The van der Waals surface area contributed by atoms with Crippen molar-refractivity contribution in [2.45, 2.75) is 36.2 Å². The Bertz CT molecular complexity index is 804. The molecular formula is C20H22N2OS3. The van der Waals surface area contributed by atoms with Crippen LogP contribution in [0.25, 0.3) is 0 Å². The van der Waals surface area contributed by atoms with Gasteiger partial charge < -0.3 is 5.21 Å². The summed E-state index contributed by atoms with van der Waals surface area (Å²) in [5.74, 6) is 0. The highest BCUT2D eigenvalue weighted by molar-refractivity contribution is 8.24. The summed E-state index contributed by atoms with van der Waals surface area (Å²) in [6, 6.07) is 18.2. The molecule has 0 saturated carbocycles. The summed E-state index contributed by atoms with van der Waals surface area (Å²) in [5, 5.41) is 13.1. The zero-order chi connectivity index (χ0) is 18.7. The maximum absolute atomic E-state index is 13.1. The van der Waals surface area contributed by atoms with Crippen molar-refractivity contribution in [1.29, 1.82) is 0 Å². The minimum atomic E-state index is -0.347. The summed E-state index contributed by atoms with van der Waals surface area (Å²) < 4.78 is 1.54. The predicted octanol–water partition coefficient (Wildman–Crippen LogP) is 4.98. The Kier molecular flexibility index (Phi) is 5.95. The van der Waals surface area contributed by atoms with Gasteiger partial charge in [-0.05, 0) is 49.9 Å². The van der Waals surface area contributed by atoms with E-state index in [4.69, 9.17) is 12.2 Å². The van der Waals surface area contributed by atoms with Crippen LogP contribution in [0.4, 0.5) is 0 Å². The number of rotatable bonds is 5. The molecule has 6 heteroatoms. The van der Waals surface area contributed by atoms with Crippen LogP contribution in [0, 0.1) is 5.21 Å². The fourth-order valence-corrected chi connectivity index (χ4v) is 5.38. The Morgan fingerprint density at radius 1 is 1.19 bits per heavy atom. The molecule has 1 atom stereocenters. The van der Waals surface area contributed by atoms with Crippen molar-refractivity contribution in [1.82, 2.24) is 4.90 Å². The second-order valence-electron chi connectivity index (χ2n) is 6.72. The summed E-state index contributed by atoms with van der Waals surface area (Å²) in [4.78, 5) is 3.22. The largest absolute Gasteiger partial charge is 0.622 e. The van der Waals surface area contributed by atoms with Crippen LogP contribution >= 0.6 is 35.7 Å². The van der Waals surface area contributed by atoms with Crippen LogP contribution in [-0.4, -0.2) is 37.3 Å². The summed E-state index contributed by atoms with van der Waals surface area (Å²) >= 11 is 8.87. The van der Waals surface area contributed by atoms with Gasteiger partial charge >= 0.3 is 0 Å². The molecule has 0 aromatic heterocycles. The van der Waals surface area contributed by atoms with Crippen LogP contribution in [0.2, 0.25) is 0 Å². The number of hydrogen-bond acceptors (Lipinski definition) is 4. The molecule has 1 saturated heterocycles. The Balaban J connectivity index is 1.89. The van der Waals surface area contributed by atoms with E-state index in [1.54, 1.807) is 29.7 Å². The van der Waals surface area contributed by atoms with Gasteiger partial charge in [-0.25, -0.2) is 0 Å². The molecule has 1 heterocycles. The molecule has 0 aliphatic carbocycles. The normalized spacial score (nSPS) is 19.8. The van der Waals surface area contributed by atoms with Crippen molar-refractivity contribution in [3.63, 3.8) is 0 Å². The van der Waals surface area contributed by atoms with E-state index >= 15 is 0 Å². The number of thiocarbonyl (C=S) groups is 1. The van der Waals surface area contributed by atoms with Crippen molar-refractivity contribution in [2.75, 3.05) is 6.26 Å². The van der Waals surface area contributed by atoms with Crippen LogP contribution in [-0.2, 0) is 6.54 Å². The molecular weight excluding hydrogens is 380 g/mol. The van der Waals surface area contributed by atoms with Gasteiger partial charge in [0.15, 0.2) is 6.21 Å². The number of hydroxylamine groups is 1. The zero-order valence-electron chi connectivity index (χ0n) is 15.1. The summed E-state index contributed by atoms with van der Waals surface area (Å²) in [6.45, 7) is 4.79. The van der Waals surface area contributed by atoms with Crippen LogP contribution < -0.4 is 0 Å². The first kappa shape index (κ1) is 19.3. The molecule has 1 fully saturated rings. The average Bonchev–Trinajstić information content (AvgIpc) is 2.84. The third-order valence-corrected chi connectivity index (χ3v) is 6.70. The van der Waals surface area contributed by atoms with E-state index in [0.717, 1.165) is 20.2 Å². The standard InChI is InChI=1S/C20H22N2OS3/c1-20(2)18(22(23)14-16-9-11-17(25-3)12-10-16)21(19(24)26-20)13-15-7-5-4-6-8-15/h4-12,14,18H,13H2,1-3H3. The highest BCUT2D eigenvalue weighted by Crippen LogP contribution is 2.42. The van der Waals surface area contributed by atoms with Gasteiger partial charge in [0.2, 0.25) is 0 Å². The third-order valence-electron chi connectivity index (χ3n) is 4.33. The Morgan fingerprint density at radius 3 is 2.46 bits per heavy atom. The first-order chi connectivity index (χ1) is 12.4. The van der Waals surface area contributed by atoms with Crippen LogP contribution in [0.3, 0.4) is 0 Å². The van der Waals surface area contributed by atoms with Crippen molar-refractivity contribution in [3.8, 4) is 0 Å². The molecule has 3 rings (SSSR count). The molecule has 1 aliphatic heterocycles. The van der Waals surface area contributed by atoms with Gasteiger partial charge in [0.1, 0.15) is 9.07 Å². The quantitative estimate of drug-likeness (QED) is 0.176. The monoisotopic (exact) mass is 402 g/mol. The maximum atomic E-state index is 13.1. The van der Waals surface area contributed by atoms with Gasteiger partial charge in [0.05, 0.1) is 6.54 Å². The van der Waals surface area contributed by atoms with E-state index < -0.39 is 0 Å². The van der Waals surface area contributed by atoms with Gasteiger partial charge in [-0.15, -0.1) is 11.8 Å². The van der Waals surface area contributed by atoms with E-state index in [0.29, 0.717) is 6.54 Å². The molecule has 0 N–H and O–H groups in total. The number of hydrogen-bond donors (Lipinski definition) is 0. The van der Waals surface area contributed by atoms with Gasteiger partial charge in [-0.2, -0.15) is 4.74 Å². The minimum Gasteiger partial charge on any atom is -0.622 e. The first-order valence-electron chi connectivity index (χ1n) is 8.38. The van der Waals surface area contributed by atoms with Crippen LogP contribution in [0.5, 0.6) is 0 Å². The number of nitrogens with zero attached hydrogens (tertiary/aromatic N) is 2. The lowest BCUT2D eigenvalue weighted by molar-refractivity contribution is -0.524. The molecule has 2 aromatic carbocycles. The van der Waals surface area contributed by atoms with E-state index in [1.165, 1.54) is 4.90 Å². The van der Waals surface area contributed by atoms with Crippen molar-refractivity contribution in [3.05, 3.63) is 70.9 Å². The second kappa shape index (κ2) is 8.03. The van der Waals surface area contributed by atoms with E-state index in [9.17, 15) is 5.21 Å². The molecule has 0 bridgehead atoms. The molecule has 0 amide bonds. The van der Waals surface area contributed by atoms with E-state index in [2.05, 4.69) is 26.0 Å². The fraction of sp³-hybridized carbons (Fsp3) is 0.300. The lowest BCUT2D eigenvalue weighted by Gasteiger charge is -2.29. The smallest absolute Gasteiger partial charge is 0.254 e. The van der Waals surface area contributed by atoms with Crippen molar-refractivity contribution in [2.24, 2.45) is 0 Å². The molecule has 3 nitrogen and oxygen atoms in total. The Morgan fingerprint density at radius 2 is 1.85 bits per heavy atom. The van der Waals surface area contributed by atoms with Gasteiger partial charge in [-0.3, -0.25) is 4.90 Å². The van der Waals surface area contributed by atoms with Gasteiger partial charge in [-0.1, -0.05) is 54.3 Å². The molecule has 1 unspecified atom stereocenters. The summed E-state index contributed by atoms with van der Waals surface area (Å²) in [7, 11) is 0. The predicted molar refractivity (Wildman–Crippen MR) is 117 cm³/mol. The topological polar surface area (TPSA) is 29.3 Å². The van der Waals surface area contributed by atoms with E-state index in [1.807, 2.05) is 53.6 Å². The highest BCUT2D eigenvalue weighted by atomic mass is 32.2. The fourth-order valence-electron chi connectivity index (χ4n) is 3.09. The zero-order valence-corrected chi connectivity index (χ0v) is 17.5. The number of benzene rings is 2. The van der Waals surface area contributed by atoms with Crippen molar-refractivity contribution >= 4 is 46.3 Å². The lowest BCUT2D eigenvalue weighted by atomic mass is 10.1. The molecule has 1 aliphatic rings. The SMILES string of the molecule is CSc1ccc(C=[N+]([O-])C2N(Cc3ccccc3)C(=S)SC2(C)C)cc1. The van der Waals surface area contributed by atoms with Crippen molar-refractivity contribution < 1.29 is 4.74 Å².